The molecule has 0 aromatic carbocycles. The van der Waals surface area contributed by atoms with Crippen molar-refractivity contribution in [2.45, 2.75) is 6.10 Å². The van der Waals surface area contributed by atoms with Crippen LogP contribution in [-0.2, 0) is 23.9 Å². The zero-order valence-corrected chi connectivity index (χ0v) is 9.00. The summed E-state index contributed by atoms with van der Waals surface area (Å²) in [4.78, 5) is 33.5. The number of carboxylic acid groups (broad SMARTS) is 2. The van der Waals surface area contributed by atoms with E-state index in [9.17, 15) is 14.4 Å². The van der Waals surface area contributed by atoms with E-state index < -0.39 is 37.0 Å². The Hall–Kier alpha value is -1.67. The number of ether oxygens (including phenoxy) is 2. The summed E-state index contributed by atoms with van der Waals surface area (Å²) in [6.07, 6.45) is -0.928. The average Bonchev–Trinajstić information content (AvgIpc) is 2.27. The Bertz CT molecular complexity index is 294. The molecule has 0 aromatic rings. The van der Waals surface area contributed by atoms with Crippen molar-refractivity contribution < 1.29 is 34.1 Å². The third-order valence-electron chi connectivity index (χ3n) is 2.06. The van der Waals surface area contributed by atoms with Crippen molar-refractivity contribution >= 4 is 17.8 Å². The first kappa shape index (κ1) is 13.4. The van der Waals surface area contributed by atoms with Crippen LogP contribution in [0.5, 0.6) is 0 Å². The molecular weight excluding hydrogens is 234 g/mol. The second kappa shape index (κ2) is 6.16. The molecule has 8 nitrogen and oxygen atoms in total. The first-order chi connectivity index (χ1) is 8.00. The number of hydrogen-bond donors (Lipinski definition) is 2. The number of hydrogen-bond acceptors (Lipinski definition) is 5. The van der Waals surface area contributed by atoms with E-state index >= 15 is 0 Å². The molecule has 2 N–H and O–H groups in total. The highest BCUT2D eigenvalue weighted by Crippen LogP contribution is 2.05. The van der Waals surface area contributed by atoms with Gasteiger partial charge in [-0.2, -0.15) is 0 Å². The second-order valence-electron chi connectivity index (χ2n) is 3.42. The summed E-state index contributed by atoms with van der Waals surface area (Å²) in [7, 11) is 0. The molecule has 1 fully saturated rings. The van der Waals surface area contributed by atoms with E-state index in [0.29, 0.717) is 11.5 Å². The molecule has 96 valence electrons. The monoisotopic (exact) mass is 247 g/mol. The van der Waals surface area contributed by atoms with Crippen LogP contribution in [0.3, 0.4) is 0 Å². The van der Waals surface area contributed by atoms with Gasteiger partial charge in [-0.15, -0.1) is 0 Å². The minimum Gasteiger partial charge on any atom is -0.480 e. The van der Waals surface area contributed by atoms with Crippen LogP contribution in [0, 0.1) is 0 Å². The molecule has 0 aliphatic carbocycles. The zero-order valence-electron chi connectivity index (χ0n) is 9.00. The number of rotatable bonds is 5. The van der Waals surface area contributed by atoms with Gasteiger partial charge in [-0.3, -0.25) is 14.4 Å². The quantitative estimate of drug-likeness (QED) is 0.601. The summed E-state index contributed by atoms with van der Waals surface area (Å²) in [5, 5.41) is 17.2. The molecule has 1 amide bonds. The molecular formula is C9H13NO7. The Kier molecular flexibility index (Phi) is 4.85. The molecule has 1 saturated heterocycles. The predicted molar refractivity (Wildman–Crippen MR) is 52.4 cm³/mol. The molecule has 1 aliphatic rings. The summed E-state index contributed by atoms with van der Waals surface area (Å²) in [5.74, 6) is -3.25. The Morgan fingerprint density at radius 1 is 1.12 bits per heavy atom. The van der Waals surface area contributed by atoms with Crippen molar-refractivity contribution in [3.63, 3.8) is 0 Å². The van der Waals surface area contributed by atoms with Gasteiger partial charge in [0.2, 0.25) is 0 Å². The number of aliphatic carboxylic acids is 2. The van der Waals surface area contributed by atoms with Gasteiger partial charge in [-0.05, 0) is 0 Å². The van der Waals surface area contributed by atoms with Crippen LogP contribution in [0.4, 0.5) is 0 Å². The van der Waals surface area contributed by atoms with Crippen LogP contribution in [0.15, 0.2) is 0 Å². The molecule has 1 aliphatic heterocycles. The third kappa shape index (κ3) is 4.37. The number of carbonyl (C=O) groups is 3. The molecule has 0 spiro atoms. The van der Waals surface area contributed by atoms with Gasteiger partial charge in [0.05, 0.1) is 19.8 Å². The normalized spacial score (nSPS) is 19.6. The Morgan fingerprint density at radius 2 is 1.71 bits per heavy atom. The van der Waals surface area contributed by atoms with Crippen LogP contribution in [0.1, 0.15) is 0 Å². The van der Waals surface area contributed by atoms with Gasteiger partial charge >= 0.3 is 11.9 Å². The van der Waals surface area contributed by atoms with Gasteiger partial charge in [-0.25, -0.2) is 0 Å². The Morgan fingerprint density at radius 3 is 2.12 bits per heavy atom. The fraction of sp³-hybridized carbons (Fsp3) is 0.667. The van der Waals surface area contributed by atoms with Crippen molar-refractivity contribution in [1.82, 2.24) is 4.90 Å². The molecule has 1 heterocycles. The fourth-order valence-electron chi connectivity index (χ4n) is 1.37. The maximum absolute atomic E-state index is 11.8. The lowest BCUT2D eigenvalue weighted by Crippen LogP contribution is -2.48. The van der Waals surface area contributed by atoms with E-state index in [1.165, 1.54) is 0 Å². The van der Waals surface area contributed by atoms with Gasteiger partial charge in [0.25, 0.3) is 5.91 Å². The maximum atomic E-state index is 11.8. The largest absolute Gasteiger partial charge is 0.480 e. The summed E-state index contributed by atoms with van der Waals surface area (Å²) >= 11 is 0. The number of carbonyl (C=O) groups excluding carboxylic acids is 1. The maximum Gasteiger partial charge on any atom is 0.323 e. The molecule has 1 unspecified atom stereocenters. The average molecular weight is 247 g/mol. The van der Waals surface area contributed by atoms with E-state index in [1.54, 1.807) is 0 Å². The van der Waals surface area contributed by atoms with Gasteiger partial charge < -0.3 is 24.6 Å². The molecule has 8 heteroatoms. The Balaban J connectivity index is 2.63. The van der Waals surface area contributed by atoms with E-state index in [0.717, 1.165) is 0 Å². The SMILES string of the molecule is O=C(O)CN(CC(=O)O)C(=O)C1COCCO1. The minimum absolute atomic E-state index is 0.00850. The molecule has 0 bridgehead atoms. The van der Waals surface area contributed by atoms with Crippen LogP contribution >= 0.6 is 0 Å². The molecule has 0 aromatic heterocycles. The van der Waals surface area contributed by atoms with E-state index in [1.807, 2.05) is 0 Å². The van der Waals surface area contributed by atoms with Crippen molar-refractivity contribution in [1.29, 1.82) is 0 Å². The number of amides is 1. The first-order valence-electron chi connectivity index (χ1n) is 4.92. The highest BCUT2D eigenvalue weighted by Gasteiger charge is 2.29. The van der Waals surface area contributed by atoms with Crippen molar-refractivity contribution in [3.8, 4) is 0 Å². The van der Waals surface area contributed by atoms with Crippen LogP contribution < -0.4 is 0 Å². The standard InChI is InChI=1S/C9H13NO7/c11-7(12)3-10(4-8(13)14)9(15)6-5-16-1-2-17-6/h6H,1-5H2,(H,11,12)(H,13,14). The third-order valence-corrected chi connectivity index (χ3v) is 2.06. The fourth-order valence-corrected chi connectivity index (χ4v) is 1.37. The van der Waals surface area contributed by atoms with Crippen LogP contribution in [-0.4, -0.2) is 72.0 Å². The summed E-state index contributed by atoms with van der Waals surface area (Å²) in [6, 6.07) is 0. The highest BCUT2D eigenvalue weighted by molar-refractivity contribution is 5.87. The molecule has 0 radical (unpaired) electrons. The summed E-state index contributed by atoms with van der Waals surface area (Å²) in [6.45, 7) is -0.753. The van der Waals surface area contributed by atoms with Crippen molar-refractivity contribution in [2.24, 2.45) is 0 Å². The van der Waals surface area contributed by atoms with E-state index in [4.69, 9.17) is 19.7 Å². The van der Waals surface area contributed by atoms with Gasteiger partial charge in [-0.1, -0.05) is 0 Å². The van der Waals surface area contributed by atoms with Crippen molar-refractivity contribution in [2.75, 3.05) is 32.9 Å². The first-order valence-corrected chi connectivity index (χ1v) is 4.92. The van der Waals surface area contributed by atoms with E-state index in [-0.39, 0.29) is 13.2 Å². The lowest BCUT2D eigenvalue weighted by molar-refractivity contribution is -0.164. The van der Waals surface area contributed by atoms with Gasteiger partial charge in [0, 0.05) is 0 Å². The smallest absolute Gasteiger partial charge is 0.323 e. The molecule has 17 heavy (non-hydrogen) atoms. The minimum atomic E-state index is -1.28. The lowest BCUT2D eigenvalue weighted by atomic mass is 10.3. The highest BCUT2D eigenvalue weighted by atomic mass is 16.6. The van der Waals surface area contributed by atoms with Gasteiger partial charge in [0.1, 0.15) is 13.1 Å². The topological polar surface area (TPSA) is 113 Å². The molecule has 1 rings (SSSR count). The molecule has 0 saturated carbocycles. The number of carboxylic acids is 2. The Labute approximate surface area is 96.7 Å². The van der Waals surface area contributed by atoms with E-state index in [2.05, 4.69) is 0 Å². The lowest BCUT2D eigenvalue weighted by Gasteiger charge is -2.27. The predicted octanol–water partition coefficient (Wildman–Crippen LogP) is -1.60. The summed E-state index contributed by atoms with van der Waals surface area (Å²) in [5.41, 5.74) is 0. The molecule has 1 atom stereocenters. The zero-order chi connectivity index (χ0) is 12.8. The van der Waals surface area contributed by atoms with Crippen molar-refractivity contribution in [3.05, 3.63) is 0 Å². The van der Waals surface area contributed by atoms with Gasteiger partial charge in [0.15, 0.2) is 6.10 Å². The second-order valence-corrected chi connectivity index (χ2v) is 3.42. The van der Waals surface area contributed by atoms with Crippen LogP contribution in [0.2, 0.25) is 0 Å². The summed E-state index contributed by atoms with van der Waals surface area (Å²) < 4.78 is 10.1. The van der Waals surface area contributed by atoms with Crippen LogP contribution in [0.25, 0.3) is 0 Å². The number of nitrogens with zero attached hydrogens (tertiary/aromatic N) is 1.